The van der Waals surface area contributed by atoms with Crippen LogP contribution in [0.5, 0.6) is 0 Å². The maximum Gasteiger partial charge on any atom is 0.212 e. The zero-order valence-corrected chi connectivity index (χ0v) is 17.6. The highest BCUT2D eigenvalue weighted by molar-refractivity contribution is 5.94. The van der Waals surface area contributed by atoms with Gasteiger partial charge in [0.1, 0.15) is 7.05 Å². The monoisotopic (exact) mass is 437 g/mol. The van der Waals surface area contributed by atoms with Gasteiger partial charge in [0.2, 0.25) is 11.2 Å². The summed E-state index contributed by atoms with van der Waals surface area (Å²) in [7, 11) is -2.60. The van der Waals surface area contributed by atoms with E-state index in [0.29, 0.717) is 0 Å². The number of hydrogen-bond acceptors (Lipinski definition) is 5. The Labute approximate surface area is 182 Å². The van der Waals surface area contributed by atoms with Crippen molar-refractivity contribution < 1.29 is 33.4 Å². The van der Waals surface area contributed by atoms with E-state index < -0.39 is 10.2 Å². The van der Waals surface area contributed by atoms with Crippen molar-refractivity contribution in [2.75, 3.05) is 5.32 Å². The number of rotatable bonds is 4. The molecule has 0 saturated carbocycles. The first kappa shape index (κ1) is 22.4. The molecule has 4 rings (SSSR count). The molecule has 6 nitrogen and oxygen atoms in total. The van der Waals surface area contributed by atoms with Crippen molar-refractivity contribution in [3.05, 3.63) is 103 Å². The fourth-order valence-electron chi connectivity index (χ4n) is 3.23. The van der Waals surface area contributed by atoms with E-state index in [-0.39, 0.29) is 0 Å². The number of fused-ring (bicyclic) bond motifs is 2. The Morgan fingerprint density at radius 3 is 2.23 bits per heavy atom. The van der Waals surface area contributed by atoms with E-state index in [2.05, 4.69) is 108 Å². The maximum atomic E-state index is 8.60. The summed E-state index contributed by atoms with van der Waals surface area (Å²) in [4.78, 5) is 0. The minimum Gasteiger partial charge on any atom is -0.361 e. The highest BCUT2D eigenvalue weighted by Gasteiger charge is 2.07. The largest absolute Gasteiger partial charge is 0.361 e. The van der Waals surface area contributed by atoms with E-state index in [4.69, 9.17) is 18.6 Å². The predicted octanol–water partition coefficient (Wildman–Crippen LogP) is 1.33. The Kier molecular flexibility index (Phi) is 7.36. The number of hydrogen-bond donors (Lipinski definition) is 2. The SMILES string of the molecule is C[n+]1c(/C=C/C=C/Nc2cccc3ccccc23)ccc2ccccc21.[O-][Cl+3]([O-])([O-])O. The normalized spacial score (nSPS) is 11.8. The highest BCUT2D eigenvalue weighted by atomic mass is 35.7. The molecule has 2 N–H and O–H groups in total. The molecule has 0 aliphatic rings. The third-order valence-electron chi connectivity index (χ3n) is 4.62. The number of allylic oxidation sites excluding steroid dienone is 2. The molecule has 0 spiro atoms. The zero-order valence-electron chi connectivity index (χ0n) is 16.8. The van der Waals surface area contributed by atoms with Gasteiger partial charge in [-0.3, -0.25) is 0 Å². The molecular weight excluding hydrogens is 416 g/mol. The number of aromatic nitrogens is 1. The fourth-order valence-corrected chi connectivity index (χ4v) is 3.23. The highest BCUT2D eigenvalue weighted by Crippen LogP contribution is 2.22. The second kappa shape index (κ2) is 10.2. The van der Waals surface area contributed by atoms with E-state index in [1.807, 2.05) is 12.3 Å². The molecule has 0 unspecified atom stereocenters. The number of pyridine rings is 1. The Balaban J connectivity index is 0.000000491. The van der Waals surface area contributed by atoms with Crippen LogP contribution in [-0.4, -0.2) is 4.66 Å². The van der Waals surface area contributed by atoms with Gasteiger partial charge in [0.25, 0.3) is 0 Å². The van der Waals surface area contributed by atoms with Crippen LogP contribution in [0.1, 0.15) is 5.69 Å². The first-order valence-electron chi connectivity index (χ1n) is 9.41. The van der Waals surface area contributed by atoms with Gasteiger partial charge in [-0.25, -0.2) is 0 Å². The second-order valence-electron chi connectivity index (χ2n) is 6.66. The van der Waals surface area contributed by atoms with Gasteiger partial charge in [-0.15, -0.1) is 0 Å². The van der Waals surface area contributed by atoms with Crippen molar-refractivity contribution in [3.63, 3.8) is 0 Å². The number of nitrogens with zero attached hydrogens (tertiary/aromatic N) is 1. The van der Waals surface area contributed by atoms with Gasteiger partial charge in [-0.05, 0) is 29.7 Å². The first-order valence-corrected chi connectivity index (χ1v) is 10.7. The summed E-state index contributed by atoms with van der Waals surface area (Å²) in [6.07, 6.45) is 8.17. The van der Waals surface area contributed by atoms with Crippen molar-refractivity contribution >= 4 is 33.4 Å². The molecule has 0 bridgehead atoms. The summed E-state index contributed by atoms with van der Waals surface area (Å²) >= 11 is 0. The van der Waals surface area contributed by atoms with Crippen LogP contribution in [0.25, 0.3) is 27.8 Å². The predicted molar refractivity (Wildman–Crippen MR) is 113 cm³/mol. The van der Waals surface area contributed by atoms with Crippen molar-refractivity contribution in [3.8, 4) is 0 Å². The van der Waals surface area contributed by atoms with Gasteiger partial charge in [0.15, 0.2) is 0 Å². The summed E-state index contributed by atoms with van der Waals surface area (Å²) in [5.41, 5.74) is 3.51. The molecule has 3 aromatic carbocycles. The van der Waals surface area contributed by atoms with E-state index in [1.165, 1.54) is 27.4 Å². The van der Waals surface area contributed by atoms with Gasteiger partial charge in [-0.2, -0.15) is 18.5 Å². The van der Waals surface area contributed by atoms with Gasteiger partial charge in [0, 0.05) is 40.9 Å². The van der Waals surface area contributed by atoms with E-state index in [9.17, 15) is 0 Å². The molecule has 4 aromatic rings. The van der Waals surface area contributed by atoms with Crippen LogP contribution in [0.3, 0.4) is 0 Å². The Morgan fingerprint density at radius 1 is 0.806 bits per heavy atom. The molecular formula is C24H22ClN2O4+. The number of nitrogens with one attached hydrogen (secondary N) is 1. The Bertz CT molecular complexity index is 1220. The number of benzene rings is 3. The molecule has 0 saturated heterocycles. The van der Waals surface area contributed by atoms with Crippen LogP contribution in [-0.2, 0) is 7.05 Å². The summed E-state index contributed by atoms with van der Waals surface area (Å²) < 4.78 is 34.9. The van der Waals surface area contributed by atoms with Crippen molar-refractivity contribution in [1.82, 2.24) is 0 Å². The lowest BCUT2D eigenvalue weighted by Gasteiger charge is -2.05. The quantitative estimate of drug-likeness (QED) is 0.370. The van der Waals surface area contributed by atoms with Crippen molar-refractivity contribution in [1.29, 1.82) is 0 Å². The average Bonchev–Trinajstić information content (AvgIpc) is 2.74. The maximum absolute atomic E-state index is 8.60. The molecule has 1 aromatic heterocycles. The summed E-state index contributed by atoms with van der Waals surface area (Å²) in [5, 5.41) is 7.10. The van der Waals surface area contributed by atoms with Crippen LogP contribution in [0.4, 0.5) is 5.69 Å². The van der Waals surface area contributed by atoms with Gasteiger partial charge in [0.05, 0.1) is 14.9 Å². The lowest BCUT2D eigenvalue weighted by atomic mass is 10.1. The van der Waals surface area contributed by atoms with Crippen LogP contribution in [0.15, 0.2) is 97.2 Å². The molecule has 7 heteroatoms. The van der Waals surface area contributed by atoms with Crippen molar-refractivity contribution in [2.45, 2.75) is 0 Å². The van der Waals surface area contributed by atoms with Crippen molar-refractivity contribution in [2.24, 2.45) is 7.05 Å². The summed E-state index contributed by atoms with van der Waals surface area (Å²) in [6, 6.07) is 27.4. The van der Waals surface area contributed by atoms with Gasteiger partial charge in [-0.1, -0.05) is 54.6 Å². The molecule has 31 heavy (non-hydrogen) atoms. The minimum atomic E-state index is -4.69. The Morgan fingerprint density at radius 2 is 1.45 bits per heavy atom. The first-order chi connectivity index (χ1) is 14.8. The third kappa shape index (κ3) is 6.62. The van der Waals surface area contributed by atoms with Gasteiger partial charge < -0.3 is 5.32 Å². The minimum absolute atomic E-state index is 1.11. The molecule has 0 fully saturated rings. The average molecular weight is 438 g/mol. The van der Waals surface area contributed by atoms with Crippen LogP contribution >= 0.6 is 0 Å². The fraction of sp³-hybridized carbons (Fsp3) is 0.0417. The van der Waals surface area contributed by atoms with Crippen LogP contribution in [0, 0.1) is 10.2 Å². The standard InChI is InChI=1S/C24H20N2.ClHO4/c1-26-21(17-16-20-10-3-5-15-24(20)26)12-6-7-18-25-23-14-8-11-19-9-2-4-13-22(19)23;2-1(3,4)5/h2-18H,1H3;(H,2,3,4,5)/p+1. The molecule has 0 aliphatic carbocycles. The lowest BCUT2D eigenvalue weighted by Crippen LogP contribution is -2.58. The molecule has 0 aliphatic heterocycles. The number of halogens is 1. The second-order valence-corrected chi connectivity index (χ2v) is 7.45. The smallest absolute Gasteiger partial charge is 0.212 e. The Hall–Kier alpha value is -3.26. The van der Waals surface area contributed by atoms with E-state index in [1.54, 1.807) is 0 Å². The van der Waals surface area contributed by atoms with E-state index >= 15 is 0 Å². The molecule has 158 valence electrons. The number of anilines is 1. The third-order valence-corrected chi connectivity index (χ3v) is 4.62. The van der Waals surface area contributed by atoms with E-state index in [0.717, 1.165) is 5.69 Å². The summed E-state index contributed by atoms with van der Waals surface area (Å²) in [5.74, 6) is 0. The molecule has 1 heterocycles. The molecule has 0 atom stereocenters. The molecule has 0 radical (unpaired) electrons. The number of para-hydroxylation sites is 1. The lowest BCUT2D eigenvalue weighted by molar-refractivity contribution is -1.92. The topological polar surface area (TPSA) is 105 Å². The van der Waals surface area contributed by atoms with Crippen LogP contribution < -0.4 is 23.9 Å². The zero-order chi connectivity index (χ0) is 22.3. The number of aryl methyl sites for hydroxylation is 1. The van der Waals surface area contributed by atoms with Gasteiger partial charge >= 0.3 is 0 Å². The summed E-state index contributed by atoms with van der Waals surface area (Å²) in [6.45, 7) is 0. The van der Waals surface area contributed by atoms with Crippen LogP contribution in [0.2, 0.25) is 0 Å². The molecule has 0 amide bonds.